The van der Waals surface area contributed by atoms with Gasteiger partial charge < -0.3 is 10.6 Å². The molecule has 9 heteroatoms. The van der Waals surface area contributed by atoms with Gasteiger partial charge in [0.25, 0.3) is 0 Å². The van der Waals surface area contributed by atoms with E-state index in [0.717, 1.165) is 38.3 Å². The Morgan fingerprint density at radius 2 is 2.16 bits per heavy atom. The molecule has 0 unspecified atom stereocenters. The van der Waals surface area contributed by atoms with Crippen molar-refractivity contribution in [3.63, 3.8) is 0 Å². The summed E-state index contributed by atoms with van der Waals surface area (Å²) < 4.78 is 0. The van der Waals surface area contributed by atoms with Gasteiger partial charge in [0, 0.05) is 18.7 Å². The summed E-state index contributed by atoms with van der Waals surface area (Å²) in [5, 5.41) is 15.2. The van der Waals surface area contributed by atoms with Crippen molar-refractivity contribution < 1.29 is 0 Å². The van der Waals surface area contributed by atoms with Gasteiger partial charge in [0.15, 0.2) is 10.8 Å². The Morgan fingerprint density at radius 3 is 2.88 bits per heavy atom. The van der Waals surface area contributed by atoms with Crippen LogP contribution in [0.1, 0.15) is 19.8 Å². The Morgan fingerprint density at radius 1 is 1.36 bits per heavy atom. The second kappa shape index (κ2) is 6.20. The van der Waals surface area contributed by atoms with Gasteiger partial charge in [0.2, 0.25) is 0 Å². The lowest BCUT2D eigenvalue weighted by Gasteiger charge is -2.39. The molecular weight excluding hydrogens is 340 g/mol. The Kier molecular flexibility index (Phi) is 4.01. The first-order chi connectivity index (χ1) is 12.1. The fraction of sp³-hybridized carbons (Fsp3) is 0.438. The summed E-state index contributed by atoms with van der Waals surface area (Å²) in [5.41, 5.74) is 8.72. The van der Waals surface area contributed by atoms with E-state index in [-0.39, 0.29) is 5.41 Å². The average molecular weight is 359 g/mol. The molecule has 1 aliphatic heterocycles. The van der Waals surface area contributed by atoms with Crippen LogP contribution < -0.4 is 10.6 Å². The van der Waals surface area contributed by atoms with E-state index in [0.29, 0.717) is 27.6 Å². The molecule has 0 amide bonds. The van der Waals surface area contributed by atoms with Crippen LogP contribution in [-0.4, -0.2) is 50.0 Å². The highest BCUT2D eigenvalue weighted by atomic mass is 35.5. The topological polar surface area (TPSA) is 110 Å². The Hall–Kier alpha value is -2.32. The van der Waals surface area contributed by atoms with Gasteiger partial charge in [-0.15, -0.1) is 5.10 Å². The molecule has 1 fully saturated rings. The third kappa shape index (κ3) is 2.91. The molecular formula is C16H19ClN8. The van der Waals surface area contributed by atoms with Crippen molar-refractivity contribution in [3.05, 3.63) is 23.6 Å². The van der Waals surface area contributed by atoms with Gasteiger partial charge in [0.05, 0.1) is 12.4 Å². The summed E-state index contributed by atoms with van der Waals surface area (Å²) in [4.78, 5) is 11.5. The number of hydrogen-bond donors (Lipinski definition) is 2. The number of hydrogen-bond acceptors (Lipinski definition) is 7. The minimum atomic E-state index is 0.223. The van der Waals surface area contributed by atoms with E-state index >= 15 is 0 Å². The molecule has 130 valence electrons. The molecule has 3 aromatic rings. The minimum absolute atomic E-state index is 0.223. The summed E-state index contributed by atoms with van der Waals surface area (Å²) >= 11 is 6.12. The molecule has 0 spiro atoms. The Bertz CT molecular complexity index is 900. The number of fused-ring (bicyclic) bond motifs is 1. The number of halogens is 1. The molecule has 1 aliphatic rings. The normalized spacial score (nSPS) is 17.2. The van der Waals surface area contributed by atoms with E-state index in [1.165, 1.54) is 0 Å². The zero-order chi connectivity index (χ0) is 17.4. The van der Waals surface area contributed by atoms with Gasteiger partial charge >= 0.3 is 0 Å². The van der Waals surface area contributed by atoms with E-state index in [4.69, 9.17) is 17.3 Å². The third-order valence-corrected chi connectivity index (χ3v) is 5.25. The minimum Gasteiger partial charge on any atom is -0.355 e. The number of aromatic nitrogens is 6. The lowest BCUT2D eigenvalue weighted by atomic mass is 9.80. The maximum Gasteiger partial charge on any atom is 0.177 e. The fourth-order valence-electron chi connectivity index (χ4n) is 3.10. The molecule has 0 aliphatic carbocycles. The summed E-state index contributed by atoms with van der Waals surface area (Å²) in [6.45, 7) is 4.81. The van der Waals surface area contributed by atoms with Gasteiger partial charge in [-0.25, -0.2) is 9.97 Å². The van der Waals surface area contributed by atoms with Crippen LogP contribution in [0.5, 0.6) is 0 Å². The van der Waals surface area contributed by atoms with Crippen LogP contribution in [0.2, 0.25) is 5.15 Å². The van der Waals surface area contributed by atoms with Gasteiger partial charge in [-0.2, -0.15) is 10.2 Å². The second-order valence-corrected chi connectivity index (χ2v) is 7.09. The zero-order valence-electron chi connectivity index (χ0n) is 13.9. The zero-order valence-corrected chi connectivity index (χ0v) is 14.7. The summed E-state index contributed by atoms with van der Waals surface area (Å²) in [7, 11) is 0. The molecule has 0 radical (unpaired) electrons. The number of anilines is 1. The maximum atomic E-state index is 6.12. The summed E-state index contributed by atoms with van der Waals surface area (Å²) in [6, 6.07) is 1.76. The van der Waals surface area contributed by atoms with Gasteiger partial charge in [0.1, 0.15) is 17.0 Å². The van der Waals surface area contributed by atoms with Crippen LogP contribution in [-0.2, 0) is 0 Å². The molecule has 0 atom stereocenters. The van der Waals surface area contributed by atoms with Crippen molar-refractivity contribution in [2.45, 2.75) is 19.8 Å². The molecule has 3 N–H and O–H groups in total. The average Bonchev–Trinajstić information content (AvgIpc) is 3.06. The summed E-state index contributed by atoms with van der Waals surface area (Å²) in [6.07, 6.45) is 5.46. The van der Waals surface area contributed by atoms with Gasteiger partial charge in [-0.05, 0) is 30.9 Å². The number of nitrogens with one attached hydrogen (secondary N) is 1. The number of rotatable bonds is 3. The standard InChI is InChI=1S/C16H19ClN8/c1-16(9-18)3-6-25(7-4-16)11-8-19-13-12(22-24-15(13)21-11)10-2-5-20-23-14(10)17/h2,5,8H,3-4,6-7,9,18H2,1H3,(H,21,22,24). The van der Waals surface area contributed by atoms with Crippen LogP contribution >= 0.6 is 11.6 Å². The third-order valence-electron chi connectivity index (χ3n) is 4.98. The predicted octanol–water partition coefficient (Wildman–Crippen LogP) is 2.03. The van der Waals surface area contributed by atoms with Crippen molar-refractivity contribution in [2.75, 3.05) is 24.5 Å². The lowest BCUT2D eigenvalue weighted by molar-refractivity contribution is 0.258. The number of aromatic amines is 1. The number of H-pyrrole nitrogens is 1. The fourth-order valence-corrected chi connectivity index (χ4v) is 3.30. The Balaban J connectivity index is 1.64. The van der Waals surface area contributed by atoms with Crippen molar-refractivity contribution in [1.82, 2.24) is 30.4 Å². The number of nitrogens with zero attached hydrogens (tertiary/aromatic N) is 6. The highest BCUT2D eigenvalue weighted by Gasteiger charge is 2.29. The van der Waals surface area contributed by atoms with Gasteiger partial charge in [-0.1, -0.05) is 18.5 Å². The Labute approximate surface area is 149 Å². The van der Waals surface area contributed by atoms with E-state index in [1.807, 2.05) is 0 Å². The molecule has 0 bridgehead atoms. The molecule has 0 saturated carbocycles. The molecule has 1 saturated heterocycles. The number of nitrogens with two attached hydrogens (primary N) is 1. The molecule has 25 heavy (non-hydrogen) atoms. The highest BCUT2D eigenvalue weighted by molar-refractivity contribution is 6.32. The van der Waals surface area contributed by atoms with E-state index in [2.05, 4.69) is 42.2 Å². The molecule has 4 heterocycles. The first kappa shape index (κ1) is 16.2. The SMILES string of the molecule is CC1(CN)CCN(c2cnc3c(-c4ccnnc4Cl)n[nH]c3n2)CC1. The van der Waals surface area contributed by atoms with Crippen molar-refractivity contribution in [2.24, 2.45) is 11.1 Å². The molecule has 4 rings (SSSR count). The quantitative estimate of drug-likeness (QED) is 0.737. The molecule has 0 aromatic carbocycles. The van der Waals surface area contributed by atoms with E-state index in [1.54, 1.807) is 18.5 Å². The van der Waals surface area contributed by atoms with Crippen molar-refractivity contribution >= 4 is 28.6 Å². The van der Waals surface area contributed by atoms with Crippen LogP contribution in [0.3, 0.4) is 0 Å². The maximum absolute atomic E-state index is 6.12. The highest BCUT2D eigenvalue weighted by Crippen LogP contribution is 2.32. The first-order valence-electron chi connectivity index (χ1n) is 8.23. The first-order valence-corrected chi connectivity index (χ1v) is 8.61. The smallest absolute Gasteiger partial charge is 0.177 e. The van der Waals surface area contributed by atoms with Crippen LogP contribution in [0.4, 0.5) is 5.82 Å². The van der Waals surface area contributed by atoms with E-state index < -0.39 is 0 Å². The van der Waals surface area contributed by atoms with Gasteiger partial charge in [-0.3, -0.25) is 5.10 Å². The largest absolute Gasteiger partial charge is 0.355 e. The molecule has 8 nitrogen and oxygen atoms in total. The predicted molar refractivity (Wildman–Crippen MR) is 96.3 cm³/mol. The molecule has 3 aromatic heterocycles. The monoisotopic (exact) mass is 358 g/mol. The number of piperidine rings is 1. The lowest BCUT2D eigenvalue weighted by Crippen LogP contribution is -2.42. The van der Waals surface area contributed by atoms with Crippen molar-refractivity contribution in [1.29, 1.82) is 0 Å². The van der Waals surface area contributed by atoms with Crippen LogP contribution in [0.25, 0.3) is 22.4 Å². The summed E-state index contributed by atoms with van der Waals surface area (Å²) in [5.74, 6) is 0.848. The second-order valence-electron chi connectivity index (χ2n) is 6.74. The van der Waals surface area contributed by atoms with Crippen molar-refractivity contribution in [3.8, 4) is 11.3 Å². The van der Waals surface area contributed by atoms with E-state index in [9.17, 15) is 0 Å². The van der Waals surface area contributed by atoms with Crippen LogP contribution in [0.15, 0.2) is 18.5 Å². The van der Waals surface area contributed by atoms with Crippen LogP contribution in [0, 0.1) is 5.41 Å².